The molecule has 0 aromatic heterocycles. The van der Waals surface area contributed by atoms with E-state index in [4.69, 9.17) is 10.8 Å². The molecule has 0 spiro atoms. The number of carbonyl (C=O) groups excluding carboxylic acids is 1. The van der Waals surface area contributed by atoms with Gasteiger partial charge in [0.25, 0.3) is 5.91 Å². The average molecular weight is 236 g/mol. The standard InChI is InChI=1S/C12H16N2O3/c1-12(2,11(16)17)14(3)10(15)8-6-4-5-7-9(8)13/h4-7H,13H2,1-3H3,(H,16,17). The van der Waals surface area contributed by atoms with Crippen LogP contribution in [0.2, 0.25) is 0 Å². The summed E-state index contributed by atoms with van der Waals surface area (Å²) in [4.78, 5) is 24.3. The molecule has 0 saturated carbocycles. The van der Waals surface area contributed by atoms with E-state index in [9.17, 15) is 9.59 Å². The van der Waals surface area contributed by atoms with Crippen LogP contribution in [0.15, 0.2) is 24.3 Å². The van der Waals surface area contributed by atoms with Gasteiger partial charge in [-0.15, -0.1) is 0 Å². The van der Waals surface area contributed by atoms with Crippen LogP contribution >= 0.6 is 0 Å². The first kappa shape index (κ1) is 13.0. The van der Waals surface area contributed by atoms with Crippen molar-refractivity contribution < 1.29 is 14.7 Å². The molecular weight excluding hydrogens is 220 g/mol. The minimum absolute atomic E-state index is 0.310. The van der Waals surface area contributed by atoms with Gasteiger partial charge in [0.15, 0.2) is 0 Å². The Morgan fingerprint density at radius 3 is 2.29 bits per heavy atom. The third-order valence-corrected chi connectivity index (χ3v) is 2.86. The van der Waals surface area contributed by atoms with E-state index in [-0.39, 0.29) is 0 Å². The summed E-state index contributed by atoms with van der Waals surface area (Å²) in [6, 6.07) is 6.58. The molecule has 1 rings (SSSR count). The number of nitrogens with two attached hydrogens (primary N) is 1. The molecule has 0 bridgehead atoms. The molecular formula is C12H16N2O3. The van der Waals surface area contributed by atoms with Crippen LogP contribution in [-0.4, -0.2) is 34.5 Å². The Morgan fingerprint density at radius 2 is 1.82 bits per heavy atom. The van der Waals surface area contributed by atoms with Gasteiger partial charge in [-0.05, 0) is 26.0 Å². The lowest BCUT2D eigenvalue weighted by Gasteiger charge is -2.31. The summed E-state index contributed by atoms with van der Waals surface area (Å²) < 4.78 is 0. The number of nitrogen functional groups attached to an aromatic ring is 1. The summed E-state index contributed by atoms with van der Waals surface area (Å²) in [5.74, 6) is -1.47. The Kier molecular flexibility index (Phi) is 3.41. The number of benzene rings is 1. The summed E-state index contributed by atoms with van der Waals surface area (Å²) in [6.45, 7) is 2.93. The third-order valence-electron chi connectivity index (χ3n) is 2.86. The predicted molar refractivity (Wildman–Crippen MR) is 64.7 cm³/mol. The molecule has 0 aliphatic carbocycles. The molecule has 0 aliphatic heterocycles. The molecule has 5 heteroatoms. The van der Waals surface area contributed by atoms with Crippen molar-refractivity contribution in [3.05, 3.63) is 29.8 Å². The van der Waals surface area contributed by atoms with E-state index in [1.54, 1.807) is 24.3 Å². The van der Waals surface area contributed by atoms with Gasteiger partial charge < -0.3 is 15.7 Å². The number of anilines is 1. The van der Waals surface area contributed by atoms with Crippen molar-refractivity contribution in [3.8, 4) is 0 Å². The van der Waals surface area contributed by atoms with Gasteiger partial charge in [0, 0.05) is 12.7 Å². The van der Waals surface area contributed by atoms with Crippen molar-refractivity contribution in [2.45, 2.75) is 19.4 Å². The normalized spacial score (nSPS) is 11.0. The maximum atomic E-state index is 12.1. The van der Waals surface area contributed by atoms with E-state index in [1.807, 2.05) is 0 Å². The van der Waals surface area contributed by atoms with Crippen LogP contribution in [0.5, 0.6) is 0 Å². The highest BCUT2D eigenvalue weighted by atomic mass is 16.4. The molecule has 0 aliphatic rings. The van der Waals surface area contributed by atoms with Gasteiger partial charge in [0.05, 0.1) is 5.56 Å². The van der Waals surface area contributed by atoms with Crippen LogP contribution < -0.4 is 5.73 Å². The molecule has 17 heavy (non-hydrogen) atoms. The number of likely N-dealkylation sites (N-methyl/N-ethyl adjacent to an activating group) is 1. The second-order valence-electron chi connectivity index (χ2n) is 4.32. The first-order chi connectivity index (χ1) is 7.78. The quantitative estimate of drug-likeness (QED) is 0.772. The van der Waals surface area contributed by atoms with Gasteiger partial charge in [0.1, 0.15) is 5.54 Å². The molecule has 3 N–H and O–H groups in total. The molecule has 0 radical (unpaired) electrons. The van der Waals surface area contributed by atoms with Gasteiger partial charge in [0.2, 0.25) is 0 Å². The molecule has 1 aromatic rings. The lowest BCUT2D eigenvalue weighted by atomic mass is 10.0. The largest absolute Gasteiger partial charge is 0.480 e. The van der Waals surface area contributed by atoms with Gasteiger partial charge in [-0.25, -0.2) is 4.79 Å². The number of carboxylic acids is 1. The highest BCUT2D eigenvalue weighted by Crippen LogP contribution is 2.19. The fourth-order valence-corrected chi connectivity index (χ4v) is 1.27. The smallest absolute Gasteiger partial charge is 0.329 e. The molecule has 0 fully saturated rings. The van der Waals surface area contributed by atoms with E-state index in [0.717, 1.165) is 0 Å². The van der Waals surface area contributed by atoms with E-state index in [1.165, 1.54) is 25.8 Å². The minimum Gasteiger partial charge on any atom is -0.480 e. The Bertz CT molecular complexity index is 455. The molecule has 92 valence electrons. The van der Waals surface area contributed by atoms with Gasteiger partial charge in [-0.2, -0.15) is 0 Å². The predicted octanol–water partition coefficient (Wildman–Crippen LogP) is 1.20. The van der Waals surface area contributed by atoms with E-state index in [0.29, 0.717) is 11.3 Å². The number of amides is 1. The van der Waals surface area contributed by atoms with E-state index < -0.39 is 17.4 Å². The number of rotatable bonds is 3. The van der Waals surface area contributed by atoms with Gasteiger partial charge in [-0.1, -0.05) is 12.1 Å². The van der Waals surface area contributed by atoms with Crippen molar-refractivity contribution in [3.63, 3.8) is 0 Å². The van der Waals surface area contributed by atoms with Crippen molar-refractivity contribution in [1.29, 1.82) is 0 Å². The van der Waals surface area contributed by atoms with Gasteiger partial charge >= 0.3 is 5.97 Å². The first-order valence-electron chi connectivity index (χ1n) is 5.14. The van der Waals surface area contributed by atoms with Gasteiger partial charge in [-0.3, -0.25) is 4.79 Å². The van der Waals surface area contributed by atoms with Crippen molar-refractivity contribution in [2.24, 2.45) is 0 Å². The SMILES string of the molecule is CN(C(=O)c1ccccc1N)C(C)(C)C(=O)O. The van der Waals surface area contributed by atoms with E-state index >= 15 is 0 Å². The van der Waals surface area contributed by atoms with Crippen LogP contribution in [0.3, 0.4) is 0 Å². The second kappa shape index (κ2) is 4.45. The minimum atomic E-state index is -1.28. The second-order valence-corrected chi connectivity index (χ2v) is 4.32. The lowest BCUT2D eigenvalue weighted by Crippen LogP contribution is -2.50. The number of aliphatic carboxylic acids is 1. The van der Waals surface area contributed by atoms with E-state index in [2.05, 4.69) is 0 Å². The first-order valence-corrected chi connectivity index (χ1v) is 5.14. The third kappa shape index (κ3) is 2.38. The Hall–Kier alpha value is -2.04. The average Bonchev–Trinajstić information content (AvgIpc) is 2.27. The van der Waals surface area contributed by atoms with Crippen LogP contribution in [0, 0.1) is 0 Å². The maximum absolute atomic E-state index is 12.1. The summed E-state index contributed by atoms with van der Waals surface area (Å²) >= 11 is 0. The Morgan fingerprint density at radius 1 is 1.29 bits per heavy atom. The van der Waals surface area contributed by atoms with Crippen LogP contribution in [-0.2, 0) is 4.79 Å². The zero-order valence-electron chi connectivity index (χ0n) is 10.1. The monoisotopic (exact) mass is 236 g/mol. The number of hydrogen-bond acceptors (Lipinski definition) is 3. The Balaban J connectivity index is 3.07. The van der Waals surface area contributed by atoms with Crippen LogP contribution in [0.1, 0.15) is 24.2 Å². The van der Waals surface area contributed by atoms with Crippen LogP contribution in [0.25, 0.3) is 0 Å². The Labute approximate surface area is 99.8 Å². The summed E-state index contributed by atoms with van der Waals surface area (Å²) in [6.07, 6.45) is 0. The molecule has 5 nitrogen and oxygen atoms in total. The number of para-hydroxylation sites is 1. The molecule has 0 atom stereocenters. The van der Waals surface area contributed by atoms with Crippen molar-refractivity contribution in [2.75, 3.05) is 12.8 Å². The number of hydrogen-bond donors (Lipinski definition) is 2. The number of carbonyl (C=O) groups is 2. The molecule has 0 unspecified atom stereocenters. The number of carboxylic acid groups (broad SMARTS) is 1. The molecule has 0 heterocycles. The zero-order chi connectivity index (χ0) is 13.2. The highest BCUT2D eigenvalue weighted by Gasteiger charge is 2.35. The molecule has 1 amide bonds. The summed E-state index contributed by atoms with van der Waals surface area (Å²) in [7, 11) is 1.45. The molecule has 0 saturated heterocycles. The fraction of sp³-hybridized carbons (Fsp3) is 0.333. The highest BCUT2D eigenvalue weighted by molar-refractivity contribution is 6.01. The number of nitrogens with zero attached hydrogens (tertiary/aromatic N) is 1. The lowest BCUT2D eigenvalue weighted by molar-refractivity contribution is -0.147. The topological polar surface area (TPSA) is 83.6 Å². The van der Waals surface area contributed by atoms with Crippen LogP contribution in [0.4, 0.5) is 5.69 Å². The van der Waals surface area contributed by atoms with Crippen molar-refractivity contribution >= 4 is 17.6 Å². The van der Waals surface area contributed by atoms with Crippen molar-refractivity contribution in [1.82, 2.24) is 4.90 Å². The zero-order valence-corrected chi connectivity index (χ0v) is 10.1. The fourth-order valence-electron chi connectivity index (χ4n) is 1.27. The molecule has 1 aromatic carbocycles. The summed E-state index contributed by atoms with van der Waals surface area (Å²) in [5, 5.41) is 9.05. The maximum Gasteiger partial charge on any atom is 0.329 e. The summed E-state index contributed by atoms with van der Waals surface area (Å²) in [5.41, 5.74) is 5.05.